The summed E-state index contributed by atoms with van der Waals surface area (Å²) in [6.07, 6.45) is 1.82. The highest BCUT2D eigenvalue weighted by molar-refractivity contribution is 7.07. The summed E-state index contributed by atoms with van der Waals surface area (Å²) in [4.78, 5) is 32.3. The van der Waals surface area contributed by atoms with Gasteiger partial charge in [-0.2, -0.15) is 0 Å². The lowest BCUT2D eigenvalue weighted by molar-refractivity contribution is -0.139. The lowest BCUT2D eigenvalue weighted by Crippen LogP contribution is -2.40. The fourth-order valence-corrected chi connectivity index (χ4v) is 5.69. The van der Waals surface area contributed by atoms with E-state index in [-0.39, 0.29) is 24.5 Å². The molecule has 2 aliphatic heterocycles. The summed E-state index contributed by atoms with van der Waals surface area (Å²) in [5.41, 5.74) is 2.84. The molecule has 0 bridgehead atoms. The molecule has 3 heterocycles. The number of rotatable bonds is 7. The van der Waals surface area contributed by atoms with Crippen molar-refractivity contribution in [3.8, 4) is 23.0 Å². The van der Waals surface area contributed by atoms with Crippen LogP contribution in [-0.2, 0) is 9.53 Å². The Labute approximate surface area is 223 Å². The van der Waals surface area contributed by atoms with Crippen LogP contribution in [0.4, 0.5) is 0 Å². The summed E-state index contributed by atoms with van der Waals surface area (Å²) in [6.45, 7) is 8.02. The Hall–Kier alpha value is -4.05. The third-order valence-electron chi connectivity index (χ3n) is 6.38. The number of esters is 1. The van der Waals surface area contributed by atoms with Crippen molar-refractivity contribution in [1.29, 1.82) is 0 Å². The van der Waals surface area contributed by atoms with Gasteiger partial charge >= 0.3 is 5.97 Å². The van der Waals surface area contributed by atoms with Gasteiger partial charge in [0.05, 0.1) is 36.1 Å². The van der Waals surface area contributed by atoms with Gasteiger partial charge in [0, 0.05) is 5.56 Å². The number of carbonyl (C=O) groups is 1. The Balaban J connectivity index is 1.76. The van der Waals surface area contributed by atoms with Gasteiger partial charge < -0.3 is 23.7 Å². The first-order chi connectivity index (χ1) is 18.4. The maximum atomic E-state index is 14.0. The second-order valence-corrected chi connectivity index (χ2v) is 9.69. The molecule has 0 fully saturated rings. The molecule has 1 aromatic heterocycles. The molecule has 5 rings (SSSR count). The minimum Gasteiger partial charge on any atom is -0.493 e. The van der Waals surface area contributed by atoms with Crippen LogP contribution in [0.2, 0.25) is 0 Å². The molecule has 9 nitrogen and oxygen atoms in total. The third-order valence-corrected chi connectivity index (χ3v) is 7.36. The Morgan fingerprint density at radius 2 is 1.95 bits per heavy atom. The van der Waals surface area contributed by atoms with Crippen molar-refractivity contribution in [2.24, 2.45) is 4.99 Å². The molecule has 10 heteroatoms. The topological polar surface area (TPSA) is 97.6 Å². The van der Waals surface area contributed by atoms with Crippen molar-refractivity contribution in [1.82, 2.24) is 4.57 Å². The van der Waals surface area contributed by atoms with Gasteiger partial charge in [0.2, 0.25) is 6.79 Å². The van der Waals surface area contributed by atoms with E-state index in [2.05, 4.69) is 4.99 Å². The first kappa shape index (κ1) is 25.6. The smallest absolute Gasteiger partial charge is 0.338 e. The minimum absolute atomic E-state index is 0.166. The van der Waals surface area contributed by atoms with Gasteiger partial charge in [-0.05, 0) is 63.1 Å². The number of allylic oxidation sites excluding steroid dienone is 1. The summed E-state index contributed by atoms with van der Waals surface area (Å²) in [5, 5.41) is 0. The number of carbonyl (C=O) groups excluding carboxylic acids is 1. The Bertz CT molecular complexity index is 1630. The number of fused-ring (bicyclic) bond motifs is 2. The van der Waals surface area contributed by atoms with E-state index in [1.807, 2.05) is 38.1 Å². The first-order valence-corrected chi connectivity index (χ1v) is 13.1. The molecule has 3 aromatic rings. The van der Waals surface area contributed by atoms with Crippen LogP contribution in [0.15, 0.2) is 51.4 Å². The van der Waals surface area contributed by atoms with Crippen molar-refractivity contribution in [3.63, 3.8) is 0 Å². The van der Waals surface area contributed by atoms with Crippen molar-refractivity contribution in [3.05, 3.63) is 78.0 Å². The van der Waals surface area contributed by atoms with Crippen LogP contribution in [0.1, 0.15) is 43.5 Å². The van der Waals surface area contributed by atoms with E-state index in [1.54, 1.807) is 33.1 Å². The fraction of sp³-hybridized carbons (Fsp3) is 0.321. The SMILES string of the molecule is CCOC(=O)C1=C(C)N=c2s/c(=C/c3cc4c(cc3C)OCO4)c(=O)n2[C@@H]1c1cccc(OC)c1OCC. The summed E-state index contributed by atoms with van der Waals surface area (Å²) < 4.78 is 29.9. The molecule has 1 atom stereocenters. The van der Waals surface area contributed by atoms with E-state index in [0.717, 1.165) is 11.1 Å². The molecule has 0 amide bonds. The van der Waals surface area contributed by atoms with Crippen LogP contribution in [0.3, 0.4) is 0 Å². The zero-order valence-electron chi connectivity index (χ0n) is 21.8. The number of hydrogen-bond donors (Lipinski definition) is 0. The zero-order valence-corrected chi connectivity index (χ0v) is 22.6. The number of thiazole rings is 1. The lowest BCUT2D eigenvalue weighted by Gasteiger charge is -2.26. The zero-order chi connectivity index (χ0) is 27.0. The molecule has 0 radical (unpaired) electrons. The summed E-state index contributed by atoms with van der Waals surface area (Å²) in [7, 11) is 1.55. The fourth-order valence-electron chi connectivity index (χ4n) is 4.65. The summed E-state index contributed by atoms with van der Waals surface area (Å²) in [5.74, 6) is 1.73. The molecular weight excluding hydrogens is 508 g/mol. The average molecular weight is 537 g/mol. The van der Waals surface area contributed by atoms with Crippen LogP contribution in [-0.4, -0.2) is 37.7 Å². The number of hydrogen-bond acceptors (Lipinski definition) is 9. The number of methoxy groups -OCH3 is 1. The van der Waals surface area contributed by atoms with Gasteiger partial charge in [0.25, 0.3) is 5.56 Å². The first-order valence-electron chi connectivity index (χ1n) is 12.3. The monoisotopic (exact) mass is 536 g/mol. The highest BCUT2D eigenvalue weighted by Crippen LogP contribution is 2.41. The number of aromatic nitrogens is 1. The van der Waals surface area contributed by atoms with Gasteiger partial charge in [-0.25, -0.2) is 9.79 Å². The molecule has 0 N–H and O–H groups in total. The van der Waals surface area contributed by atoms with Gasteiger partial charge in [-0.3, -0.25) is 9.36 Å². The quantitative estimate of drug-likeness (QED) is 0.428. The predicted octanol–water partition coefficient (Wildman–Crippen LogP) is 3.24. The van der Waals surface area contributed by atoms with Gasteiger partial charge in [-0.1, -0.05) is 23.5 Å². The molecule has 2 aromatic carbocycles. The second kappa shape index (κ2) is 10.4. The second-order valence-electron chi connectivity index (χ2n) is 8.68. The molecule has 198 valence electrons. The highest BCUT2D eigenvalue weighted by Gasteiger charge is 2.36. The molecule has 38 heavy (non-hydrogen) atoms. The van der Waals surface area contributed by atoms with Crippen LogP contribution >= 0.6 is 11.3 Å². The third kappa shape index (κ3) is 4.34. The minimum atomic E-state index is -0.818. The van der Waals surface area contributed by atoms with Crippen molar-refractivity contribution >= 4 is 23.4 Å². The highest BCUT2D eigenvalue weighted by atomic mass is 32.1. The molecule has 0 unspecified atom stereocenters. The van der Waals surface area contributed by atoms with Gasteiger partial charge in [0.1, 0.15) is 6.04 Å². The molecule has 0 saturated heterocycles. The average Bonchev–Trinajstić information content (AvgIpc) is 3.47. The summed E-state index contributed by atoms with van der Waals surface area (Å²) in [6, 6.07) is 8.35. The number of para-hydroxylation sites is 1. The number of ether oxygens (including phenoxy) is 5. The van der Waals surface area contributed by atoms with E-state index in [4.69, 9.17) is 23.7 Å². The van der Waals surface area contributed by atoms with E-state index < -0.39 is 12.0 Å². The molecule has 2 aliphatic rings. The lowest BCUT2D eigenvalue weighted by atomic mass is 9.94. The van der Waals surface area contributed by atoms with E-state index >= 15 is 0 Å². The maximum Gasteiger partial charge on any atom is 0.338 e. The van der Waals surface area contributed by atoms with Crippen LogP contribution in [0.5, 0.6) is 23.0 Å². The van der Waals surface area contributed by atoms with E-state index in [1.165, 1.54) is 15.9 Å². The van der Waals surface area contributed by atoms with Gasteiger partial charge in [-0.15, -0.1) is 0 Å². The van der Waals surface area contributed by atoms with Crippen molar-refractivity contribution in [2.45, 2.75) is 33.7 Å². The molecular formula is C28H28N2O7S. The molecule has 0 spiro atoms. The Morgan fingerprint density at radius 3 is 2.66 bits per heavy atom. The Morgan fingerprint density at radius 1 is 1.18 bits per heavy atom. The number of aryl methyl sites for hydroxylation is 1. The van der Waals surface area contributed by atoms with Crippen LogP contribution in [0, 0.1) is 6.92 Å². The van der Waals surface area contributed by atoms with Gasteiger partial charge in [0.15, 0.2) is 27.8 Å². The Kier molecular flexibility index (Phi) is 6.98. The summed E-state index contributed by atoms with van der Waals surface area (Å²) >= 11 is 1.26. The van der Waals surface area contributed by atoms with E-state index in [9.17, 15) is 9.59 Å². The molecule has 0 saturated carbocycles. The normalized spacial score (nSPS) is 16.2. The van der Waals surface area contributed by atoms with Crippen LogP contribution < -0.4 is 33.8 Å². The van der Waals surface area contributed by atoms with Crippen molar-refractivity contribution < 1.29 is 28.5 Å². The number of nitrogens with zero attached hydrogens (tertiary/aromatic N) is 2. The predicted molar refractivity (Wildman–Crippen MR) is 142 cm³/mol. The maximum absolute atomic E-state index is 14.0. The molecule has 0 aliphatic carbocycles. The van der Waals surface area contributed by atoms with E-state index in [0.29, 0.717) is 50.2 Å². The van der Waals surface area contributed by atoms with Crippen LogP contribution in [0.25, 0.3) is 6.08 Å². The van der Waals surface area contributed by atoms with Crippen molar-refractivity contribution in [2.75, 3.05) is 27.1 Å². The standard InChI is InChI=1S/C28H28N2O7S/c1-6-34-25-18(9-8-10-19(25)33-5)24-23(27(32)35-7-2)16(4)29-28-30(24)26(31)22(38-28)13-17-12-21-20(11-15(17)3)36-14-37-21/h8-13,24H,6-7,14H2,1-5H3/b22-13+/t24-/m1/s1. The largest absolute Gasteiger partial charge is 0.493 e. The number of benzene rings is 2.